The maximum atomic E-state index is 12.6. The molecule has 3 N–H and O–H groups in total. The molecule has 1 aromatic carbocycles. The lowest BCUT2D eigenvalue weighted by Crippen LogP contribution is -2.66. The van der Waals surface area contributed by atoms with Crippen molar-refractivity contribution in [2.45, 2.75) is 99.3 Å². The van der Waals surface area contributed by atoms with Crippen LogP contribution in [-0.4, -0.2) is 37.1 Å². The average Bonchev–Trinajstić information content (AvgIpc) is 3.37. The van der Waals surface area contributed by atoms with Crippen LogP contribution in [0.2, 0.25) is 0 Å². The highest BCUT2D eigenvalue weighted by molar-refractivity contribution is 5.88. The van der Waals surface area contributed by atoms with E-state index < -0.39 is 5.97 Å². The van der Waals surface area contributed by atoms with E-state index in [1.165, 1.54) is 68.1 Å². The number of carboxylic acid groups (broad SMARTS) is 1. The van der Waals surface area contributed by atoms with Gasteiger partial charge in [0.1, 0.15) is 0 Å². The molecule has 1 amide bonds. The normalized spacial score (nSPS) is 41.5. The van der Waals surface area contributed by atoms with E-state index in [1.807, 2.05) is 19.2 Å². The van der Waals surface area contributed by atoms with Gasteiger partial charge in [-0.05, 0) is 152 Å². The van der Waals surface area contributed by atoms with E-state index in [0.717, 1.165) is 13.0 Å². The molecule has 5 aliphatic carbocycles. The summed E-state index contributed by atoms with van der Waals surface area (Å²) in [6, 6.07) is 7.57. The lowest BCUT2D eigenvalue weighted by atomic mass is 9.32. The fourth-order valence-corrected chi connectivity index (χ4v) is 13.0. The fraction of sp³-hybridized carbons (Fsp3) is 0.700. The molecular weight excluding hydrogens is 556 g/mol. The highest BCUT2D eigenvalue weighted by Gasteiger charge is 2.70. The zero-order chi connectivity index (χ0) is 32.6. The molecule has 0 bridgehead atoms. The molecule has 0 saturated heterocycles. The predicted molar refractivity (Wildman–Crippen MR) is 183 cm³/mol. The molecular formula is C40H58N2O3. The van der Waals surface area contributed by atoms with Gasteiger partial charge in [-0.1, -0.05) is 65.0 Å². The molecule has 6 rings (SSSR count). The van der Waals surface area contributed by atoms with Gasteiger partial charge in [-0.2, -0.15) is 0 Å². The van der Waals surface area contributed by atoms with Crippen LogP contribution < -0.4 is 10.6 Å². The standard InChI is InChI=1S/C40H58N2O3/c1-25(2)28-15-20-40(24-42-33(43)23-41-8)22-21-38(6)30(34(28)40)13-14-32-37(5)18-16-29(26-9-11-27(12-10-26)35(44)45)36(3,4)31(37)17-19-39(32,38)7/h9-12,16,28,30-32,34,41H,1,13-15,17-24H2,2-8H3,(H,42,43)(H,44,45)/t28-,30+,31-,32+,34+,37-,38+,39+,40+/m0/s1. The average molecular weight is 615 g/mol. The van der Waals surface area contributed by atoms with Gasteiger partial charge in [0.15, 0.2) is 0 Å². The SMILES string of the molecule is C=C(C)[C@@H]1CC[C@]2(CNC(=O)CNC)CC[C@]3(C)[C@H](CC[C@@H]4[C@@]5(C)CC=C(c6ccc(C(=O)O)cc6)C(C)(C)[C@@H]5CC[C@]43C)[C@@H]12. The molecule has 0 spiro atoms. The van der Waals surface area contributed by atoms with E-state index in [-0.39, 0.29) is 33.0 Å². The third-order valence-corrected chi connectivity index (χ3v) is 15.2. The summed E-state index contributed by atoms with van der Waals surface area (Å²) in [6.07, 6.45) is 13.6. The van der Waals surface area contributed by atoms with Crippen molar-refractivity contribution in [1.82, 2.24) is 10.6 Å². The molecule has 0 unspecified atom stereocenters. The van der Waals surface area contributed by atoms with Gasteiger partial charge < -0.3 is 15.7 Å². The molecule has 246 valence electrons. The second kappa shape index (κ2) is 11.1. The Bertz CT molecular complexity index is 1390. The van der Waals surface area contributed by atoms with Crippen molar-refractivity contribution in [3.8, 4) is 0 Å². The van der Waals surface area contributed by atoms with Gasteiger partial charge in [0.2, 0.25) is 5.91 Å². The molecule has 0 radical (unpaired) electrons. The summed E-state index contributed by atoms with van der Waals surface area (Å²) in [5, 5.41) is 15.8. The summed E-state index contributed by atoms with van der Waals surface area (Å²) in [5.74, 6) is 2.31. The van der Waals surface area contributed by atoms with Crippen molar-refractivity contribution in [3.05, 3.63) is 53.6 Å². The van der Waals surface area contributed by atoms with Gasteiger partial charge in [-0.15, -0.1) is 0 Å². The van der Waals surface area contributed by atoms with Crippen molar-refractivity contribution in [1.29, 1.82) is 0 Å². The van der Waals surface area contributed by atoms with E-state index in [1.54, 1.807) is 12.1 Å². The number of amides is 1. The fourth-order valence-electron chi connectivity index (χ4n) is 13.0. The second-order valence-corrected chi connectivity index (χ2v) is 17.3. The summed E-state index contributed by atoms with van der Waals surface area (Å²) < 4.78 is 0. The number of hydrogen-bond acceptors (Lipinski definition) is 3. The van der Waals surface area contributed by atoms with Crippen molar-refractivity contribution >= 4 is 17.4 Å². The lowest BCUT2D eigenvalue weighted by Gasteiger charge is -2.72. The Morgan fingerprint density at radius 2 is 1.62 bits per heavy atom. The zero-order valence-corrected chi connectivity index (χ0v) is 29.0. The summed E-state index contributed by atoms with van der Waals surface area (Å²) in [5.41, 5.74) is 5.23. The van der Waals surface area contributed by atoms with Gasteiger partial charge >= 0.3 is 5.97 Å². The largest absolute Gasteiger partial charge is 0.478 e. The first-order valence-electron chi connectivity index (χ1n) is 17.8. The zero-order valence-electron chi connectivity index (χ0n) is 29.0. The quantitative estimate of drug-likeness (QED) is 0.270. The van der Waals surface area contributed by atoms with E-state index in [4.69, 9.17) is 0 Å². The molecule has 4 saturated carbocycles. The highest BCUT2D eigenvalue weighted by atomic mass is 16.4. The Balaban J connectivity index is 1.32. The van der Waals surface area contributed by atoms with Crippen molar-refractivity contribution < 1.29 is 14.7 Å². The van der Waals surface area contributed by atoms with Gasteiger partial charge in [-0.3, -0.25) is 4.79 Å². The predicted octanol–water partition coefficient (Wildman–Crippen LogP) is 8.37. The van der Waals surface area contributed by atoms with Gasteiger partial charge in [-0.25, -0.2) is 4.79 Å². The van der Waals surface area contributed by atoms with Crippen LogP contribution in [0.3, 0.4) is 0 Å². The van der Waals surface area contributed by atoms with Gasteiger partial charge in [0, 0.05) is 6.54 Å². The van der Waals surface area contributed by atoms with E-state index >= 15 is 0 Å². The van der Waals surface area contributed by atoms with Crippen LogP contribution in [0.1, 0.15) is 115 Å². The molecule has 45 heavy (non-hydrogen) atoms. The number of likely N-dealkylation sites (N-methyl/N-ethyl adjacent to an activating group) is 1. The maximum Gasteiger partial charge on any atom is 0.335 e. The number of fused-ring (bicyclic) bond motifs is 7. The number of allylic oxidation sites excluding steroid dienone is 3. The Hall–Kier alpha value is -2.40. The van der Waals surface area contributed by atoms with E-state index in [2.05, 4.69) is 64.8 Å². The monoisotopic (exact) mass is 614 g/mol. The number of nitrogens with one attached hydrogen (secondary N) is 2. The smallest absolute Gasteiger partial charge is 0.335 e. The van der Waals surface area contributed by atoms with Crippen molar-refractivity contribution in [3.63, 3.8) is 0 Å². The number of carbonyl (C=O) groups is 2. The molecule has 5 aliphatic rings. The minimum Gasteiger partial charge on any atom is -0.478 e. The third-order valence-electron chi connectivity index (χ3n) is 15.2. The molecule has 0 aliphatic heterocycles. The molecule has 1 aromatic rings. The van der Waals surface area contributed by atoms with Crippen LogP contribution in [0.5, 0.6) is 0 Å². The molecule has 5 nitrogen and oxygen atoms in total. The van der Waals surface area contributed by atoms with Crippen molar-refractivity contribution in [2.75, 3.05) is 20.1 Å². The Kier molecular flexibility index (Phi) is 8.03. The van der Waals surface area contributed by atoms with Crippen LogP contribution in [0.4, 0.5) is 0 Å². The first-order chi connectivity index (χ1) is 21.1. The Labute approximate surface area is 272 Å². The minimum atomic E-state index is -0.868. The second-order valence-electron chi connectivity index (χ2n) is 17.3. The number of carbonyl (C=O) groups excluding carboxylic acids is 1. The Morgan fingerprint density at radius 3 is 2.27 bits per heavy atom. The first kappa shape index (κ1) is 32.5. The van der Waals surface area contributed by atoms with Crippen LogP contribution >= 0.6 is 0 Å². The third kappa shape index (κ3) is 4.72. The molecule has 9 atom stereocenters. The number of aromatic carboxylic acids is 1. The maximum absolute atomic E-state index is 12.6. The van der Waals surface area contributed by atoms with E-state index in [0.29, 0.717) is 41.7 Å². The minimum absolute atomic E-state index is 0.0145. The van der Waals surface area contributed by atoms with Gasteiger partial charge in [0.05, 0.1) is 12.1 Å². The molecule has 0 heterocycles. The first-order valence-corrected chi connectivity index (χ1v) is 17.8. The summed E-state index contributed by atoms with van der Waals surface area (Å²) in [4.78, 5) is 24.1. The summed E-state index contributed by atoms with van der Waals surface area (Å²) in [6.45, 7) is 20.9. The summed E-state index contributed by atoms with van der Waals surface area (Å²) in [7, 11) is 1.84. The van der Waals surface area contributed by atoms with Gasteiger partial charge in [0.25, 0.3) is 0 Å². The molecule has 0 aromatic heterocycles. The molecule has 4 fully saturated rings. The van der Waals surface area contributed by atoms with Crippen molar-refractivity contribution in [2.24, 2.45) is 56.7 Å². The van der Waals surface area contributed by atoms with Crippen LogP contribution in [0.25, 0.3) is 5.57 Å². The molecule has 5 heteroatoms. The number of rotatable bonds is 7. The van der Waals surface area contributed by atoms with Crippen LogP contribution in [0, 0.1) is 56.7 Å². The number of hydrogen-bond donors (Lipinski definition) is 3. The van der Waals surface area contributed by atoms with Crippen LogP contribution in [0.15, 0.2) is 42.5 Å². The number of carboxylic acids is 1. The number of benzene rings is 1. The lowest BCUT2D eigenvalue weighted by molar-refractivity contribution is -0.225. The van der Waals surface area contributed by atoms with E-state index in [9.17, 15) is 14.7 Å². The Morgan fingerprint density at radius 1 is 0.911 bits per heavy atom. The highest BCUT2D eigenvalue weighted by Crippen LogP contribution is 2.77. The topological polar surface area (TPSA) is 78.4 Å². The van der Waals surface area contributed by atoms with Crippen LogP contribution in [-0.2, 0) is 4.79 Å². The summed E-state index contributed by atoms with van der Waals surface area (Å²) >= 11 is 0.